The summed E-state index contributed by atoms with van der Waals surface area (Å²) in [5.74, 6) is 1.49. The summed E-state index contributed by atoms with van der Waals surface area (Å²) in [5, 5.41) is -0.923. The molecule has 2 aliphatic rings. The molecule has 1 aromatic carbocycles. The quantitative estimate of drug-likeness (QED) is 0.531. The third-order valence-corrected chi connectivity index (χ3v) is 7.63. The van der Waals surface area contributed by atoms with Crippen LogP contribution >= 0.6 is 0 Å². The van der Waals surface area contributed by atoms with Gasteiger partial charge in [-0.1, -0.05) is 12.1 Å². The molecule has 2 atom stereocenters. The molecule has 139 valence electrons. The van der Waals surface area contributed by atoms with Crippen molar-refractivity contribution in [2.45, 2.75) is 55.4 Å². The molecule has 0 saturated carbocycles. The van der Waals surface area contributed by atoms with Gasteiger partial charge in [0.2, 0.25) is 0 Å². The van der Waals surface area contributed by atoms with E-state index in [1.165, 1.54) is 0 Å². The smallest absolute Gasteiger partial charge is 0.349 e. The van der Waals surface area contributed by atoms with Gasteiger partial charge in [0.25, 0.3) is 0 Å². The highest BCUT2D eigenvalue weighted by Gasteiger charge is 2.54. The van der Waals surface area contributed by atoms with Crippen molar-refractivity contribution in [3.05, 3.63) is 36.4 Å². The number of allylic oxidation sites excluding steroid dienone is 1. The van der Waals surface area contributed by atoms with Gasteiger partial charge in [0, 0.05) is 13.2 Å². The van der Waals surface area contributed by atoms with E-state index >= 15 is 0 Å². The second-order valence-electron chi connectivity index (χ2n) is 6.95. The molecule has 3 rings (SSSR count). The number of hydrogen-bond acceptors (Lipinski definition) is 4. The highest BCUT2D eigenvalue weighted by Crippen LogP contribution is 2.41. The van der Waals surface area contributed by atoms with E-state index in [1.54, 1.807) is 7.11 Å². The van der Waals surface area contributed by atoms with Crippen molar-refractivity contribution in [1.82, 2.24) is 0 Å². The van der Waals surface area contributed by atoms with Gasteiger partial charge in [-0.25, -0.2) is 0 Å². The Morgan fingerprint density at radius 1 is 1.15 bits per heavy atom. The summed E-state index contributed by atoms with van der Waals surface area (Å²) < 4.78 is 24.3. The number of ether oxygens (including phenoxy) is 3. The first-order valence-electron chi connectivity index (χ1n) is 9.37. The van der Waals surface area contributed by atoms with Crippen LogP contribution in [-0.2, 0) is 15.9 Å². The first kappa shape index (κ1) is 19.7. The minimum absolute atomic E-state index is 0.132. The van der Waals surface area contributed by atoms with Gasteiger partial charge in [-0.05, 0) is 62.6 Å². The SMILES string of the molecule is C=CCc1ccc(O[Si]C2(C3([Si])CCCCO3)CCCCO2)c(OC)c1. The lowest BCUT2D eigenvalue weighted by atomic mass is 9.96. The first-order chi connectivity index (χ1) is 12.6. The van der Waals surface area contributed by atoms with Crippen molar-refractivity contribution in [3.8, 4) is 11.5 Å². The molecule has 2 heterocycles. The lowest BCUT2D eigenvalue weighted by Crippen LogP contribution is -2.65. The van der Waals surface area contributed by atoms with Crippen LogP contribution < -0.4 is 9.16 Å². The standard InChI is InChI=1S/C20H27O4Si2/c1-3-8-16-9-10-17(18(15-16)21-2)24-26-20(12-5-7-14-23-20)19(25)11-4-6-13-22-19/h3,9-10,15H,1,4-8,11-14H2,2H3. The van der Waals surface area contributed by atoms with Crippen molar-refractivity contribution in [2.24, 2.45) is 0 Å². The summed E-state index contributed by atoms with van der Waals surface area (Å²) in [7, 11) is 5.76. The topological polar surface area (TPSA) is 36.9 Å². The molecular formula is C20H27O4Si2. The van der Waals surface area contributed by atoms with Crippen LogP contribution in [0.1, 0.15) is 44.1 Å². The van der Waals surface area contributed by atoms with Gasteiger partial charge in [-0.2, -0.15) is 0 Å². The number of methoxy groups -OCH3 is 1. The number of benzene rings is 1. The van der Waals surface area contributed by atoms with E-state index in [4.69, 9.17) is 18.6 Å². The molecule has 2 aliphatic heterocycles. The fraction of sp³-hybridized carbons (Fsp3) is 0.600. The van der Waals surface area contributed by atoms with E-state index in [-0.39, 0.29) is 9.76 Å². The number of hydrogen-bond donors (Lipinski definition) is 0. The Hall–Kier alpha value is -1.09. The van der Waals surface area contributed by atoms with Crippen LogP contribution in [0.5, 0.6) is 11.5 Å². The minimum atomic E-state index is -0.472. The molecular weight excluding hydrogens is 360 g/mol. The lowest BCUT2D eigenvalue weighted by Gasteiger charge is -2.50. The second-order valence-corrected chi connectivity index (χ2v) is 8.97. The van der Waals surface area contributed by atoms with Crippen molar-refractivity contribution in [1.29, 1.82) is 0 Å². The Morgan fingerprint density at radius 2 is 1.92 bits per heavy atom. The van der Waals surface area contributed by atoms with Crippen LogP contribution in [0.3, 0.4) is 0 Å². The van der Waals surface area contributed by atoms with Crippen molar-refractivity contribution in [2.75, 3.05) is 20.3 Å². The average Bonchev–Trinajstić information content (AvgIpc) is 2.68. The molecule has 0 amide bonds. The molecule has 2 saturated heterocycles. The maximum atomic E-state index is 6.33. The summed E-state index contributed by atoms with van der Waals surface area (Å²) in [4.78, 5) is 0. The van der Waals surface area contributed by atoms with Gasteiger partial charge in [0.1, 0.15) is 11.0 Å². The molecule has 26 heavy (non-hydrogen) atoms. The Balaban J connectivity index is 1.79. The maximum Gasteiger partial charge on any atom is 0.349 e. The normalized spacial score (nSPS) is 29.2. The molecule has 0 aromatic heterocycles. The van der Waals surface area contributed by atoms with Crippen molar-refractivity contribution >= 4 is 20.0 Å². The molecule has 0 bridgehead atoms. The van der Waals surface area contributed by atoms with Gasteiger partial charge in [-0.3, -0.25) is 0 Å². The fourth-order valence-electron chi connectivity index (χ4n) is 3.62. The van der Waals surface area contributed by atoms with Crippen LogP contribution in [-0.4, -0.2) is 50.8 Å². The van der Waals surface area contributed by atoms with E-state index in [2.05, 4.69) is 22.9 Å². The van der Waals surface area contributed by atoms with Gasteiger partial charge < -0.3 is 18.6 Å². The van der Waals surface area contributed by atoms with Crippen molar-refractivity contribution in [3.63, 3.8) is 0 Å². The van der Waals surface area contributed by atoms with E-state index in [0.29, 0.717) is 0 Å². The fourth-order valence-corrected chi connectivity index (χ4v) is 5.49. The van der Waals surface area contributed by atoms with E-state index < -0.39 is 10.4 Å². The highest BCUT2D eigenvalue weighted by molar-refractivity contribution is 6.37. The predicted molar refractivity (Wildman–Crippen MR) is 104 cm³/mol. The van der Waals surface area contributed by atoms with E-state index in [1.807, 2.05) is 18.2 Å². The van der Waals surface area contributed by atoms with Gasteiger partial charge in [0.15, 0.2) is 5.75 Å². The van der Waals surface area contributed by atoms with E-state index in [0.717, 1.165) is 75.2 Å². The monoisotopic (exact) mass is 387 g/mol. The Kier molecular flexibility index (Phi) is 6.61. The summed E-state index contributed by atoms with van der Waals surface area (Å²) in [6.45, 7) is 5.31. The number of rotatable bonds is 7. The molecule has 0 N–H and O–H groups in total. The summed E-state index contributed by atoms with van der Waals surface area (Å²) in [6.07, 6.45) is 9.03. The lowest BCUT2D eigenvalue weighted by molar-refractivity contribution is -0.162. The maximum absolute atomic E-state index is 6.33. The Morgan fingerprint density at radius 3 is 2.54 bits per heavy atom. The zero-order valence-electron chi connectivity index (χ0n) is 15.5. The predicted octanol–water partition coefficient (Wildman–Crippen LogP) is 3.38. The highest BCUT2D eigenvalue weighted by atomic mass is 28.2. The van der Waals surface area contributed by atoms with Gasteiger partial charge in [-0.15, -0.1) is 6.58 Å². The van der Waals surface area contributed by atoms with Crippen molar-refractivity contribution < 1.29 is 18.6 Å². The van der Waals surface area contributed by atoms with E-state index in [9.17, 15) is 0 Å². The Labute approximate surface area is 162 Å². The third kappa shape index (κ3) is 4.08. The largest absolute Gasteiger partial charge is 0.535 e. The Bertz CT molecular complexity index is 608. The molecule has 0 aliphatic carbocycles. The molecule has 6 heteroatoms. The summed E-state index contributed by atoms with van der Waals surface area (Å²) in [5.41, 5.74) is 1.16. The third-order valence-electron chi connectivity index (χ3n) is 5.13. The van der Waals surface area contributed by atoms with Crippen LogP contribution in [0.15, 0.2) is 30.9 Å². The zero-order chi connectivity index (χ0) is 18.5. The molecule has 5 radical (unpaired) electrons. The molecule has 0 spiro atoms. The molecule has 1 aromatic rings. The second kappa shape index (κ2) is 8.73. The molecule has 2 unspecified atom stereocenters. The first-order valence-corrected chi connectivity index (χ1v) is 10.8. The summed E-state index contributed by atoms with van der Waals surface area (Å²) >= 11 is 0. The van der Waals surface area contributed by atoms with Crippen LogP contribution in [0.2, 0.25) is 0 Å². The van der Waals surface area contributed by atoms with Gasteiger partial charge >= 0.3 is 9.76 Å². The van der Waals surface area contributed by atoms with Crippen LogP contribution in [0.25, 0.3) is 0 Å². The van der Waals surface area contributed by atoms with Crippen LogP contribution in [0, 0.1) is 0 Å². The molecule has 4 nitrogen and oxygen atoms in total. The average molecular weight is 388 g/mol. The summed E-state index contributed by atoms with van der Waals surface area (Å²) in [6, 6.07) is 6.04. The zero-order valence-corrected chi connectivity index (χ0v) is 17.5. The van der Waals surface area contributed by atoms with Crippen LogP contribution in [0.4, 0.5) is 0 Å². The van der Waals surface area contributed by atoms with Gasteiger partial charge in [0.05, 0.1) is 22.6 Å². The molecule has 2 fully saturated rings. The minimum Gasteiger partial charge on any atom is -0.535 e.